The van der Waals surface area contributed by atoms with Gasteiger partial charge in [0.15, 0.2) is 0 Å². The Labute approximate surface area is 341 Å². The van der Waals surface area contributed by atoms with Gasteiger partial charge < -0.3 is 9.80 Å². The lowest BCUT2D eigenvalue weighted by atomic mass is 9.81. The van der Waals surface area contributed by atoms with Gasteiger partial charge in [0.1, 0.15) is 0 Å². The second-order valence-corrected chi connectivity index (χ2v) is 20.9. The highest BCUT2D eigenvalue weighted by Crippen LogP contribution is 2.67. The van der Waals surface area contributed by atoms with Crippen molar-refractivity contribution in [1.82, 2.24) is 0 Å². The molecule has 8 aromatic carbocycles. The van der Waals surface area contributed by atoms with E-state index in [-0.39, 0.29) is 5.41 Å². The predicted molar refractivity (Wildman–Crippen MR) is 246 cm³/mol. The average molecular weight is 771 g/mol. The normalized spacial score (nSPS) is 16.0. The summed E-state index contributed by atoms with van der Waals surface area (Å²) in [6.07, 6.45) is 9.37. The van der Waals surface area contributed by atoms with Crippen LogP contribution < -0.4 is 9.80 Å². The van der Waals surface area contributed by atoms with Gasteiger partial charge in [0, 0.05) is 36.4 Å². The SMILES string of the molecule is CC1(C)c2cc(/C=C/c3ccc4cc(N5c6ccccc6S(C)(C)c6ccccc65)ccc4c3)ccc2-c2ccc(N3c4ccccc4Sc4ccccc43)cc21. The first-order valence-corrected chi connectivity index (χ1v) is 22.9. The van der Waals surface area contributed by atoms with E-state index in [1.807, 2.05) is 11.8 Å². The molecule has 0 amide bonds. The summed E-state index contributed by atoms with van der Waals surface area (Å²) in [5.41, 5.74) is 15.1. The molecule has 0 saturated heterocycles. The first-order valence-electron chi connectivity index (χ1n) is 19.6. The zero-order valence-corrected chi connectivity index (χ0v) is 34.2. The van der Waals surface area contributed by atoms with Gasteiger partial charge in [0.05, 0.1) is 22.7 Å². The molecule has 8 aromatic rings. The predicted octanol–water partition coefficient (Wildman–Crippen LogP) is 15.5. The van der Waals surface area contributed by atoms with Gasteiger partial charge in [-0.1, -0.05) is 129 Å². The molecule has 11 rings (SSSR count). The van der Waals surface area contributed by atoms with E-state index in [2.05, 4.69) is 218 Å². The van der Waals surface area contributed by atoms with Crippen LogP contribution in [0.3, 0.4) is 0 Å². The average Bonchev–Trinajstić information content (AvgIpc) is 3.46. The Morgan fingerprint density at radius 1 is 0.456 bits per heavy atom. The highest BCUT2D eigenvalue weighted by Gasteiger charge is 2.37. The molecule has 0 fully saturated rings. The minimum absolute atomic E-state index is 0.138. The molecule has 2 heterocycles. The first-order chi connectivity index (χ1) is 27.8. The summed E-state index contributed by atoms with van der Waals surface area (Å²) in [6, 6.07) is 63.2. The summed E-state index contributed by atoms with van der Waals surface area (Å²) >= 11 is 1.85. The van der Waals surface area contributed by atoms with Gasteiger partial charge in [-0.2, -0.15) is 10.0 Å². The standard InChI is InChI=1S/C53H42N2S2/c1-53(2)43-32-36(24-29-41(43)42-30-28-40(34-44(42)53)54-45-13-5-9-17-49(45)56-50-18-10-6-14-46(50)54)22-21-35-23-25-38-33-39(27-26-37(38)31-35)55-47-15-7-11-19-51(47)57(3,4)52-20-12-8-16-48(52)55/h5-34H,1-4H3/b22-21+. The molecule has 276 valence electrons. The molecule has 3 aliphatic rings. The van der Waals surface area contributed by atoms with Crippen LogP contribution in [0.2, 0.25) is 0 Å². The number of fused-ring (bicyclic) bond motifs is 8. The van der Waals surface area contributed by atoms with Gasteiger partial charge in [-0.05, 0) is 136 Å². The molecule has 57 heavy (non-hydrogen) atoms. The van der Waals surface area contributed by atoms with Crippen LogP contribution in [-0.4, -0.2) is 12.5 Å². The number of hydrogen-bond acceptors (Lipinski definition) is 3. The van der Waals surface area contributed by atoms with E-state index in [1.165, 1.54) is 97.9 Å². The Morgan fingerprint density at radius 3 is 1.58 bits per heavy atom. The molecule has 0 atom stereocenters. The zero-order chi connectivity index (χ0) is 38.5. The van der Waals surface area contributed by atoms with Gasteiger partial charge >= 0.3 is 0 Å². The van der Waals surface area contributed by atoms with Crippen LogP contribution in [0.4, 0.5) is 34.1 Å². The lowest BCUT2D eigenvalue weighted by Gasteiger charge is -2.45. The van der Waals surface area contributed by atoms with Crippen LogP contribution in [0.25, 0.3) is 34.1 Å². The van der Waals surface area contributed by atoms with Gasteiger partial charge in [-0.15, -0.1) is 0 Å². The number of benzene rings is 8. The van der Waals surface area contributed by atoms with Crippen LogP contribution in [0.15, 0.2) is 189 Å². The highest BCUT2D eigenvalue weighted by atomic mass is 32.3. The van der Waals surface area contributed by atoms with E-state index >= 15 is 0 Å². The van der Waals surface area contributed by atoms with E-state index in [1.54, 1.807) is 0 Å². The van der Waals surface area contributed by atoms with E-state index in [4.69, 9.17) is 0 Å². The van der Waals surface area contributed by atoms with Gasteiger partial charge in [0.25, 0.3) is 0 Å². The Morgan fingerprint density at radius 2 is 0.912 bits per heavy atom. The Kier molecular flexibility index (Phi) is 7.70. The number of anilines is 6. The molecule has 1 aliphatic carbocycles. The van der Waals surface area contributed by atoms with Crippen molar-refractivity contribution in [3.63, 3.8) is 0 Å². The quantitative estimate of drug-likeness (QED) is 0.165. The third-order valence-electron chi connectivity index (χ3n) is 12.3. The number of para-hydroxylation sites is 4. The van der Waals surface area contributed by atoms with Crippen molar-refractivity contribution in [1.29, 1.82) is 0 Å². The minimum atomic E-state index is -1.12. The second kappa shape index (κ2) is 12.8. The van der Waals surface area contributed by atoms with E-state index in [0.29, 0.717) is 0 Å². The topological polar surface area (TPSA) is 6.48 Å². The second-order valence-electron chi connectivity index (χ2n) is 16.3. The molecular weight excluding hydrogens is 729 g/mol. The molecule has 0 bridgehead atoms. The van der Waals surface area contributed by atoms with Crippen molar-refractivity contribution in [3.05, 3.63) is 192 Å². The molecule has 0 N–H and O–H groups in total. The van der Waals surface area contributed by atoms with Crippen molar-refractivity contribution < 1.29 is 0 Å². The summed E-state index contributed by atoms with van der Waals surface area (Å²) in [5.74, 6) is 0. The van der Waals surface area contributed by atoms with Crippen LogP contribution in [-0.2, 0) is 5.41 Å². The largest absolute Gasteiger partial charge is 0.308 e. The summed E-state index contributed by atoms with van der Waals surface area (Å²) in [5, 5.41) is 2.48. The van der Waals surface area contributed by atoms with E-state index in [0.717, 1.165) is 0 Å². The maximum atomic E-state index is 2.45. The molecule has 0 unspecified atom stereocenters. The Bertz CT molecular complexity index is 2880. The van der Waals surface area contributed by atoms with Crippen LogP contribution in [0.5, 0.6) is 0 Å². The third-order valence-corrected chi connectivity index (χ3v) is 16.3. The molecular formula is C53H42N2S2. The van der Waals surface area contributed by atoms with Crippen molar-refractivity contribution in [2.75, 3.05) is 22.3 Å². The van der Waals surface area contributed by atoms with Crippen LogP contribution in [0, 0.1) is 0 Å². The Hall–Kier alpha value is -5.94. The van der Waals surface area contributed by atoms with Crippen molar-refractivity contribution in [2.24, 2.45) is 0 Å². The number of nitrogens with zero attached hydrogens (tertiary/aromatic N) is 2. The lowest BCUT2D eigenvalue weighted by molar-refractivity contribution is 0.660. The molecule has 0 saturated carbocycles. The lowest BCUT2D eigenvalue weighted by Crippen LogP contribution is -2.19. The number of hydrogen-bond donors (Lipinski definition) is 0. The first kappa shape index (κ1) is 34.3. The molecule has 0 aromatic heterocycles. The molecule has 4 heteroatoms. The fraction of sp³-hybridized carbons (Fsp3) is 0.0943. The summed E-state index contributed by atoms with van der Waals surface area (Å²) in [6.45, 7) is 4.76. The van der Waals surface area contributed by atoms with Gasteiger partial charge in [0.2, 0.25) is 0 Å². The van der Waals surface area contributed by atoms with Gasteiger partial charge in [-0.3, -0.25) is 0 Å². The van der Waals surface area contributed by atoms with Crippen LogP contribution >= 0.6 is 21.8 Å². The van der Waals surface area contributed by atoms with Crippen LogP contribution in [0.1, 0.15) is 36.1 Å². The zero-order valence-electron chi connectivity index (χ0n) is 32.5. The minimum Gasteiger partial charge on any atom is -0.308 e. The highest BCUT2D eigenvalue weighted by molar-refractivity contribution is 8.33. The Balaban J connectivity index is 0.890. The molecule has 2 nitrogen and oxygen atoms in total. The fourth-order valence-corrected chi connectivity index (χ4v) is 12.8. The smallest absolute Gasteiger partial charge is 0.0601 e. The summed E-state index contributed by atoms with van der Waals surface area (Å²) in [7, 11) is -1.12. The number of rotatable bonds is 4. The van der Waals surface area contributed by atoms with E-state index in [9.17, 15) is 0 Å². The fourth-order valence-electron chi connectivity index (χ4n) is 9.33. The monoisotopic (exact) mass is 770 g/mol. The summed E-state index contributed by atoms with van der Waals surface area (Å²) in [4.78, 5) is 10.3. The summed E-state index contributed by atoms with van der Waals surface area (Å²) < 4.78 is 0. The molecule has 0 spiro atoms. The molecule has 0 radical (unpaired) electrons. The molecule has 2 aliphatic heterocycles. The third kappa shape index (κ3) is 5.35. The van der Waals surface area contributed by atoms with Crippen molar-refractivity contribution >= 4 is 78.8 Å². The maximum Gasteiger partial charge on any atom is 0.0601 e. The maximum absolute atomic E-state index is 2.45. The van der Waals surface area contributed by atoms with Gasteiger partial charge in [-0.25, -0.2) is 0 Å². The van der Waals surface area contributed by atoms with Crippen molar-refractivity contribution in [3.8, 4) is 11.1 Å². The van der Waals surface area contributed by atoms with E-state index < -0.39 is 10.0 Å². The van der Waals surface area contributed by atoms with Crippen molar-refractivity contribution in [2.45, 2.75) is 38.8 Å².